The molecule has 0 spiro atoms. The van der Waals surface area contributed by atoms with Gasteiger partial charge in [-0.2, -0.15) is 0 Å². The van der Waals surface area contributed by atoms with Gasteiger partial charge in [0.1, 0.15) is 6.61 Å². The number of anilines is 1. The van der Waals surface area contributed by atoms with Crippen LogP contribution in [0.1, 0.15) is 18.1 Å². The molecule has 5 heteroatoms. The quantitative estimate of drug-likeness (QED) is 0.376. The first-order chi connectivity index (χ1) is 13.2. The SMILES string of the molecule is CCOc1cc(CNc2ccc(Br)cc2)cc(Br)c1OCc1ccccc1. The van der Waals surface area contributed by atoms with E-state index in [2.05, 4.69) is 43.2 Å². The maximum atomic E-state index is 6.04. The molecule has 3 nitrogen and oxygen atoms in total. The van der Waals surface area contributed by atoms with Gasteiger partial charge in [0, 0.05) is 16.7 Å². The Bertz CT molecular complexity index is 867. The van der Waals surface area contributed by atoms with Crippen molar-refractivity contribution in [2.45, 2.75) is 20.1 Å². The van der Waals surface area contributed by atoms with Crippen LogP contribution in [0.4, 0.5) is 5.69 Å². The van der Waals surface area contributed by atoms with Crippen LogP contribution < -0.4 is 14.8 Å². The number of hydrogen-bond donors (Lipinski definition) is 1. The highest BCUT2D eigenvalue weighted by Gasteiger charge is 2.13. The van der Waals surface area contributed by atoms with E-state index in [0.29, 0.717) is 19.8 Å². The van der Waals surface area contributed by atoms with Gasteiger partial charge in [0.15, 0.2) is 11.5 Å². The summed E-state index contributed by atoms with van der Waals surface area (Å²) in [5.41, 5.74) is 3.30. The molecule has 0 saturated carbocycles. The van der Waals surface area contributed by atoms with Crippen LogP contribution in [-0.4, -0.2) is 6.61 Å². The Balaban J connectivity index is 1.73. The topological polar surface area (TPSA) is 30.5 Å². The van der Waals surface area contributed by atoms with Crippen LogP contribution in [0.3, 0.4) is 0 Å². The molecule has 0 saturated heterocycles. The van der Waals surface area contributed by atoms with E-state index >= 15 is 0 Å². The lowest BCUT2D eigenvalue weighted by Gasteiger charge is -2.16. The molecular weight excluding hydrogens is 470 g/mol. The minimum Gasteiger partial charge on any atom is -0.490 e. The molecule has 0 bridgehead atoms. The zero-order valence-corrected chi connectivity index (χ0v) is 18.2. The van der Waals surface area contributed by atoms with E-state index < -0.39 is 0 Å². The second-order valence-electron chi connectivity index (χ2n) is 5.97. The second kappa shape index (κ2) is 9.81. The van der Waals surface area contributed by atoms with Crippen LogP contribution in [0.15, 0.2) is 75.7 Å². The van der Waals surface area contributed by atoms with Crippen LogP contribution in [-0.2, 0) is 13.2 Å². The van der Waals surface area contributed by atoms with Gasteiger partial charge in [-0.25, -0.2) is 0 Å². The normalized spacial score (nSPS) is 10.5. The average Bonchev–Trinajstić information content (AvgIpc) is 2.68. The van der Waals surface area contributed by atoms with E-state index in [1.54, 1.807) is 0 Å². The van der Waals surface area contributed by atoms with E-state index in [1.807, 2.05) is 67.6 Å². The third-order valence-corrected chi connectivity index (χ3v) is 5.05. The summed E-state index contributed by atoms with van der Waals surface area (Å²) in [6.45, 7) is 3.74. The van der Waals surface area contributed by atoms with Crippen LogP contribution >= 0.6 is 31.9 Å². The van der Waals surface area contributed by atoms with Crippen LogP contribution in [0.2, 0.25) is 0 Å². The number of benzene rings is 3. The van der Waals surface area contributed by atoms with Crippen molar-refractivity contribution < 1.29 is 9.47 Å². The van der Waals surface area contributed by atoms with Crippen LogP contribution in [0, 0.1) is 0 Å². The Hall–Kier alpha value is -1.98. The Morgan fingerprint density at radius 3 is 2.30 bits per heavy atom. The van der Waals surface area contributed by atoms with E-state index in [4.69, 9.17) is 9.47 Å². The molecule has 0 heterocycles. The van der Waals surface area contributed by atoms with Crippen molar-refractivity contribution in [1.82, 2.24) is 0 Å². The molecule has 0 aromatic heterocycles. The standard InChI is InChI=1S/C22H21Br2NO2/c1-2-26-21-13-17(14-25-19-10-8-18(23)9-11-19)12-20(24)22(21)27-15-16-6-4-3-5-7-16/h3-13,25H,2,14-15H2,1H3. The lowest BCUT2D eigenvalue weighted by molar-refractivity contribution is 0.267. The summed E-state index contributed by atoms with van der Waals surface area (Å²) in [6.07, 6.45) is 0. The Kier molecular flexibility index (Phi) is 7.18. The van der Waals surface area contributed by atoms with E-state index in [0.717, 1.165) is 37.3 Å². The molecule has 1 N–H and O–H groups in total. The van der Waals surface area contributed by atoms with Crippen molar-refractivity contribution in [3.8, 4) is 11.5 Å². The molecule has 0 amide bonds. The summed E-state index contributed by atoms with van der Waals surface area (Å²) in [5, 5.41) is 3.42. The fourth-order valence-electron chi connectivity index (χ4n) is 2.63. The van der Waals surface area contributed by atoms with Crippen molar-refractivity contribution in [3.63, 3.8) is 0 Å². The minimum atomic E-state index is 0.496. The highest BCUT2D eigenvalue weighted by Crippen LogP contribution is 2.37. The van der Waals surface area contributed by atoms with Gasteiger partial charge in [-0.15, -0.1) is 0 Å². The largest absolute Gasteiger partial charge is 0.490 e. The Morgan fingerprint density at radius 1 is 0.852 bits per heavy atom. The molecule has 0 aliphatic heterocycles. The average molecular weight is 491 g/mol. The predicted molar refractivity (Wildman–Crippen MR) is 118 cm³/mol. The second-order valence-corrected chi connectivity index (χ2v) is 7.74. The summed E-state index contributed by atoms with van der Waals surface area (Å²) >= 11 is 7.09. The number of rotatable bonds is 8. The van der Waals surface area contributed by atoms with Gasteiger partial charge in [0.25, 0.3) is 0 Å². The summed E-state index contributed by atoms with van der Waals surface area (Å²) in [6, 6.07) is 22.3. The van der Waals surface area contributed by atoms with Crippen LogP contribution in [0.5, 0.6) is 11.5 Å². The molecule has 0 atom stereocenters. The minimum absolute atomic E-state index is 0.496. The van der Waals surface area contributed by atoms with Crippen LogP contribution in [0.25, 0.3) is 0 Å². The third kappa shape index (κ3) is 5.75. The van der Waals surface area contributed by atoms with E-state index in [9.17, 15) is 0 Å². The Morgan fingerprint density at radius 2 is 1.59 bits per heavy atom. The zero-order chi connectivity index (χ0) is 19.1. The van der Waals surface area contributed by atoms with Gasteiger partial charge in [0.2, 0.25) is 0 Å². The molecule has 140 valence electrons. The van der Waals surface area contributed by atoms with Gasteiger partial charge in [-0.1, -0.05) is 46.3 Å². The van der Waals surface area contributed by atoms with Gasteiger partial charge >= 0.3 is 0 Å². The monoisotopic (exact) mass is 489 g/mol. The maximum absolute atomic E-state index is 6.04. The number of halogens is 2. The van der Waals surface area contributed by atoms with Gasteiger partial charge in [-0.3, -0.25) is 0 Å². The zero-order valence-electron chi connectivity index (χ0n) is 15.0. The predicted octanol–water partition coefficient (Wildman–Crippen LogP) is 6.80. The number of ether oxygens (including phenoxy) is 2. The molecule has 3 aromatic rings. The summed E-state index contributed by atoms with van der Waals surface area (Å²) in [5.74, 6) is 1.48. The van der Waals surface area contributed by atoms with E-state index in [-0.39, 0.29) is 0 Å². The number of nitrogens with one attached hydrogen (secondary N) is 1. The van der Waals surface area contributed by atoms with Crippen molar-refractivity contribution in [1.29, 1.82) is 0 Å². The van der Waals surface area contributed by atoms with Crippen molar-refractivity contribution >= 4 is 37.5 Å². The molecule has 0 radical (unpaired) electrons. The molecule has 0 fully saturated rings. The molecule has 27 heavy (non-hydrogen) atoms. The maximum Gasteiger partial charge on any atom is 0.175 e. The molecule has 0 unspecified atom stereocenters. The molecular formula is C22H21Br2NO2. The smallest absolute Gasteiger partial charge is 0.175 e. The molecule has 0 aliphatic rings. The lowest BCUT2D eigenvalue weighted by atomic mass is 10.2. The highest BCUT2D eigenvalue weighted by atomic mass is 79.9. The first-order valence-electron chi connectivity index (χ1n) is 8.77. The Labute approximate surface area is 177 Å². The fourth-order valence-corrected chi connectivity index (χ4v) is 3.50. The molecule has 3 aromatic carbocycles. The van der Waals surface area contributed by atoms with Gasteiger partial charge in [0.05, 0.1) is 11.1 Å². The van der Waals surface area contributed by atoms with E-state index in [1.165, 1.54) is 0 Å². The third-order valence-electron chi connectivity index (χ3n) is 3.94. The first-order valence-corrected chi connectivity index (χ1v) is 10.4. The summed E-state index contributed by atoms with van der Waals surface area (Å²) in [4.78, 5) is 0. The summed E-state index contributed by atoms with van der Waals surface area (Å²) in [7, 11) is 0. The van der Waals surface area contributed by atoms with Crippen molar-refractivity contribution in [2.75, 3.05) is 11.9 Å². The van der Waals surface area contributed by atoms with Gasteiger partial charge < -0.3 is 14.8 Å². The van der Waals surface area contributed by atoms with Gasteiger partial charge in [-0.05, 0) is 70.4 Å². The molecule has 0 aliphatic carbocycles. The molecule has 3 rings (SSSR count). The fraction of sp³-hybridized carbons (Fsp3) is 0.182. The summed E-state index contributed by atoms with van der Waals surface area (Å²) < 4.78 is 13.8. The number of hydrogen-bond acceptors (Lipinski definition) is 3. The lowest BCUT2D eigenvalue weighted by Crippen LogP contribution is -2.04. The van der Waals surface area contributed by atoms with Crippen molar-refractivity contribution in [3.05, 3.63) is 86.8 Å². The highest BCUT2D eigenvalue weighted by molar-refractivity contribution is 9.10. The van der Waals surface area contributed by atoms with Crippen molar-refractivity contribution in [2.24, 2.45) is 0 Å². The first kappa shape index (κ1) is 19.8.